The molecule has 3 aromatic heterocycles. The molecule has 1 amide bonds. The van der Waals surface area contributed by atoms with Gasteiger partial charge in [0.05, 0.1) is 30.9 Å². The molecule has 0 radical (unpaired) electrons. The van der Waals surface area contributed by atoms with E-state index in [0.717, 1.165) is 23.5 Å². The summed E-state index contributed by atoms with van der Waals surface area (Å²) in [5.74, 6) is 0.182. The van der Waals surface area contributed by atoms with Gasteiger partial charge in [-0.3, -0.25) is 15.1 Å². The molecular weight excluding hydrogens is 424 g/mol. The number of nitriles is 1. The minimum atomic E-state index is -0.374. The number of aromatic nitrogens is 4. The molecule has 152 valence electrons. The highest BCUT2D eigenvalue weighted by molar-refractivity contribution is 7.15. The molecule has 0 bridgehead atoms. The molecule has 1 N–H and O–H groups in total. The van der Waals surface area contributed by atoms with Crippen LogP contribution < -0.4 is 10.1 Å². The van der Waals surface area contributed by atoms with Gasteiger partial charge in [-0.05, 0) is 31.9 Å². The smallest absolute Gasteiger partial charge is 0.259 e. The fraction of sp³-hybridized carbons (Fsp3) is 0.300. The van der Waals surface area contributed by atoms with Crippen molar-refractivity contribution in [2.45, 2.75) is 25.7 Å². The SMILES string of the molecule is COc1cnc(Cl)cc1-c1cc(C)ncc1C(=O)Nc1nnc([C@H]2CC[C@H]2C#N)s1. The van der Waals surface area contributed by atoms with Crippen LogP contribution >= 0.6 is 22.9 Å². The van der Waals surface area contributed by atoms with Crippen LogP contribution in [0.15, 0.2) is 24.5 Å². The second-order valence-corrected chi connectivity index (χ2v) is 8.29. The van der Waals surface area contributed by atoms with E-state index in [2.05, 4.69) is 31.6 Å². The first kappa shape index (κ1) is 20.2. The number of rotatable bonds is 5. The lowest BCUT2D eigenvalue weighted by Crippen LogP contribution is -2.21. The lowest BCUT2D eigenvalue weighted by atomic mass is 9.75. The molecule has 3 heterocycles. The summed E-state index contributed by atoms with van der Waals surface area (Å²) in [4.78, 5) is 21.3. The maximum atomic E-state index is 13.0. The lowest BCUT2D eigenvalue weighted by Gasteiger charge is -2.28. The standard InChI is InChI=1S/C20H17ClN6O2S/c1-10-5-13(14-6-17(21)24-9-16(14)29-2)15(8-23-10)18(28)25-20-27-26-19(30-20)12-4-3-11(12)7-22/h5-6,8-9,11-12H,3-4H2,1-2H3,(H,25,27,28)/t11-,12-/m0/s1. The Hall–Kier alpha value is -3.09. The van der Waals surface area contributed by atoms with Crippen LogP contribution in [0.4, 0.5) is 5.13 Å². The van der Waals surface area contributed by atoms with Crippen LogP contribution in [-0.2, 0) is 0 Å². The second-order valence-electron chi connectivity index (χ2n) is 6.90. The van der Waals surface area contributed by atoms with Gasteiger partial charge in [-0.25, -0.2) is 4.98 Å². The number of aryl methyl sites for hydroxylation is 1. The van der Waals surface area contributed by atoms with E-state index in [1.54, 1.807) is 12.1 Å². The maximum Gasteiger partial charge on any atom is 0.259 e. The summed E-state index contributed by atoms with van der Waals surface area (Å²) in [5, 5.41) is 21.6. The normalized spacial score (nSPS) is 17.7. The third kappa shape index (κ3) is 3.84. The van der Waals surface area contributed by atoms with E-state index < -0.39 is 0 Å². The summed E-state index contributed by atoms with van der Waals surface area (Å²) < 4.78 is 5.40. The molecule has 0 unspecified atom stereocenters. The van der Waals surface area contributed by atoms with Gasteiger partial charge in [-0.15, -0.1) is 10.2 Å². The number of anilines is 1. The molecule has 10 heteroatoms. The zero-order chi connectivity index (χ0) is 21.3. The molecule has 8 nitrogen and oxygen atoms in total. The fourth-order valence-electron chi connectivity index (χ4n) is 3.30. The fourth-order valence-corrected chi connectivity index (χ4v) is 4.40. The predicted octanol–water partition coefficient (Wildman–Crippen LogP) is 4.24. The summed E-state index contributed by atoms with van der Waals surface area (Å²) >= 11 is 7.37. The Kier molecular flexibility index (Phi) is 5.61. The molecule has 0 aromatic carbocycles. The first-order valence-corrected chi connectivity index (χ1v) is 10.4. The quantitative estimate of drug-likeness (QED) is 0.590. The Labute approximate surface area is 181 Å². The second kappa shape index (κ2) is 8.34. The van der Waals surface area contributed by atoms with Crippen molar-refractivity contribution in [1.82, 2.24) is 20.2 Å². The molecular formula is C20H17ClN6O2S. The van der Waals surface area contributed by atoms with E-state index in [4.69, 9.17) is 21.6 Å². The number of nitrogens with one attached hydrogen (secondary N) is 1. The van der Waals surface area contributed by atoms with Crippen LogP contribution in [-0.4, -0.2) is 33.2 Å². The Morgan fingerprint density at radius 3 is 2.80 bits per heavy atom. The molecule has 2 atom stereocenters. The first-order chi connectivity index (χ1) is 14.5. The Balaban J connectivity index is 1.64. The van der Waals surface area contributed by atoms with Crippen molar-refractivity contribution in [3.05, 3.63) is 45.9 Å². The monoisotopic (exact) mass is 440 g/mol. The summed E-state index contributed by atoms with van der Waals surface area (Å²) in [5.41, 5.74) is 2.34. The molecule has 1 aliphatic rings. The van der Waals surface area contributed by atoms with E-state index in [9.17, 15) is 4.79 Å². The van der Waals surface area contributed by atoms with Gasteiger partial charge in [0.1, 0.15) is 15.9 Å². The lowest BCUT2D eigenvalue weighted by molar-refractivity contribution is 0.102. The zero-order valence-electron chi connectivity index (χ0n) is 16.2. The number of nitrogens with zero attached hydrogens (tertiary/aromatic N) is 5. The number of pyridine rings is 2. The van der Waals surface area contributed by atoms with Crippen molar-refractivity contribution in [3.8, 4) is 22.9 Å². The first-order valence-electron chi connectivity index (χ1n) is 9.21. The van der Waals surface area contributed by atoms with Crippen LogP contribution in [0.25, 0.3) is 11.1 Å². The molecule has 1 aliphatic carbocycles. The summed E-state index contributed by atoms with van der Waals surface area (Å²) in [6, 6.07) is 5.73. The van der Waals surface area contributed by atoms with Crippen LogP contribution in [0.2, 0.25) is 5.15 Å². The Bertz CT molecular complexity index is 1160. The number of hydrogen-bond acceptors (Lipinski definition) is 8. The van der Waals surface area contributed by atoms with Gasteiger partial charge in [0, 0.05) is 28.9 Å². The third-order valence-corrected chi connectivity index (χ3v) is 6.23. The van der Waals surface area contributed by atoms with E-state index in [-0.39, 0.29) is 22.9 Å². The van der Waals surface area contributed by atoms with Crippen molar-refractivity contribution in [1.29, 1.82) is 5.26 Å². The average molecular weight is 441 g/mol. The Morgan fingerprint density at radius 1 is 1.27 bits per heavy atom. The average Bonchev–Trinajstić information content (AvgIpc) is 3.14. The topological polar surface area (TPSA) is 114 Å². The third-order valence-electron chi connectivity index (χ3n) is 5.05. The van der Waals surface area contributed by atoms with E-state index in [1.165, 1.54) is 30.8 Å². The van der Waals surface area contributed by atoms with Crippen molar-refractivity contribution in [2.75, 3.05) is 12.4 Å². The van der Waals surface area contributed by atoms with E-state index >= 15 is 0 Å². The Morgan fingerprint density at radius 2 is 2.10 bits per heavy atom. The van der Waals surface area contributed by atoms with Gasteiger partial charge in [0.2, 0.25) is 5.13 Å². The number of amides is 1. The molecule has 0 aliphatic heterocycles. The molecule has 4 rings (SSSR count). The van der Waals surface area contributed by atoms with Gasteiger partial charge in [-0.1, -0.05) is 22.9 Å². The molecule has 30 heavy (non-hydrogen) atoms. The van der Waals surface area contributed by atoms with Crippen LogP contribution in [0.3, 0.4) is 0 Å². The molecule has 1 saturated carbocycles. The minimum absolute atomic E-state index is 0.0293. The van der Waals surface area contributed by atoms with Gasteiger partial charge in [0.25, 0.3) is 5.91 Å². The highest BCUT2D eigenvalue weighted by Gasteiger charge is 2.35. The van der Waals surface area contributed by atoms with Crippen molar-refractivity contribution in [3.63, 3.8) is 0 Å². The number of ether oxygens (including phenoxy) is 1. The van der Waals surface area contributed by atoms with E-state index in [1.807, 2.05) is 6.92 Å². The van der Waals surface area contributed by atoms with Gasteiger partial charge < -0.3 is 4.74 Å². The van der Waals surface area contributed by atoms with Crippen LogP contribution in [0.1, 0.15) is 39.8 Å². The van der Waals surface area contributed by atoms with Gasteiger partial charge in [-0.2, -0.15) is 5.26 Å². The number of methoxy groups -OCH3 is 1. The highest BCUT2D eigenvalue weighted by Crippen LogP contribution is 2.43. The summed E-state index contributed by atoms with van der Waals surface area (Å²) in [7, 11) is 1.53. The van der Waals surface area contributed by atoms with Gasteiger partial charge in [0.15, 0.2) is 0 Å². The van der Waals surface area contributed by atoms with Crippen molar-refractivity contribution < 1.29 is 9.53 Å². The van der Waals surface area contributed by atoms with Crippen LogP contribution in [0, 0.1) is 24.2 Å². The number of carbonyl (C=O) groups is 1. The van der Waals surface area contributed by atoms with Crippen molar-refractivity contribution >= 4 is 34.0 Å². The summed E-state index contributed by atoms with van der Waals surface area (Å²) in [6.07, 6.45) is 4.80. The maximum absolute atomic E-state index is 13.0. The molecule has 0 saturated heterocycles. The zero-order valence-corrected chi connectivity index (χ0v) is 17.8. The van der Waals surface area contributed by atoms with E-state index in [0.29, 0.717) is 27.6 Å². The molecule has 1 fully saturated rings. The highest BCUT2D eigenvalue weighted by atomic mass is 35.5. The molecule has 0 spiro atoms. The number of carbonyl (C=O) groups excluding carboxylic acids is 1. The minimum Gasteiger partial charge on any atom is -0.494 e. The number of hydrogen-bond donors (Lipinski definition) is 1. The largest absolute Gasteiger partial charge is 0.494 e. The molecule has 3 aromatic rings. The van der Waals surface area contributed by atoms with Crippen molar-refractivity contribution in [2.24, 2.45) is 5.92 Å². The van der Waals surface area contributed by atoms with Crippen LogP contribution in [0.5, 0.6) is 5.75 Å². The summed E-state index contributed by atoms with van der Waals surface area (Å²) in [6.45, 7) is 1.84. The number of halogens is 1. The van der Waals surface area contributed by atoms with Gasteiger partial charge >= 0.3 is 0 Å². The predicted molar refractivity (Wildman–Crippen MR) is 113 cm³/mol.